The highest BCUT2D eigenvalue weighted by atomic mass is 16.5. The first-order valence-corrected chi connectivity index (χ1v) is 13.8. The van der Waals surface area contributed by atoms with E-state index in [1.807, 2.05) is 31.2 Å². The summed E-state index contributed by atoms with van der Waals surface area (Å²) in [4.78, 5) is 29.6. The van der Waals surface area contributed by atoms with Crippen LogP contribution in [0.1, 0.15) is 76.8 Å². The van der Waals surface area contributed by atoms with Crippen molar-refractivity contribution in [3.63, 3.8) is 0 Å². The van der Waals surface area contributed by atoms with Crippen LogP contribution in [0.5, 0.6) is 5.75 Å². The number of Topliss-reactive ketones (excluding diaryl/α,β-unsaturated/α-hetero) is 1. The van der Waals surface area contributed by atoms with Gasteiger partial charge in [0.25, 0.3) is 5.91 Å². The van der Waals surface area contributed by atoms with Gasteiger partial charge in [-0.05, 0) is 66.5 Å². The molecule has 0 saturated carbocycles. The van der Waals surface area contributed by atoms with Gasteiger partial charge < -0.3 is 19.6 Å². The zero-order valence-corrected chi connectivity index (χ0v) is 24.3. The van der Waals surface area contributed by atoms with E-state index in [-0.39, 0.29) is 11.0 Å². The summed E-state index contributed by atoms with van der Waals surface area (Å²) < 4.78 is 5.87. The average Bonchev–Trinajstić information content (AvgIpc) is 3.12. The number of carbonyl (C=O) groups excluding carboxylic acids is 2. The molecule has 38 heavy (non-hydrogen) atoms. The van der Waals surface area contributed by atoms with E-state index in [1.165, 1.54) is 4.90 Å². The van der Waals surface area contributed by atoms with Crippen LogP contribution >= 0.6 is 0 Å². The van der Waals surface area contributed by atoms with Crippen LogP contribution in [0.4, 0.5) is 0 Å². The summed E-state index contributed by atoms with van der Waals surface area (Å²) in [6.07, 6.45) is 0. The van der Waals surface area contributed by atoms with Gasteiger partial charge in [0.15, 0.2) is 0 Å². The van der Waals surface area contributed by atoms with E-state index in [0.29, 0.717) is 36.9 Å². The SMILES string of the molecule is CC[NH+](CC)CCN1C(=O)C(=O)/C(=C(/[O-])c2ccc(OCC(C)C)c(C)c2)C1c1ccc(C(C)(C)C)cc1. The fourth-order valence-corrected chi connectivity index (χ4v) is 4.86. The summed E-state index contributed by atoms with van der Waals surface area (Å²) in [5.41, 5.74) is 3.14. The van der Waals surface area contributed by atoms with Gasteiger partial charge in [0.2, 0.25) is 5.78 Å². The predicted octanol–water partition coefficient (Wildman–Crippen LogP) is 3.48. The van der Waals surface area contributed by atoms with Crippen molar-refractivity contribution in [1.29, 1.82) is 0 Å². The third-order valence-electron chi connectivity index (χ3n) is 7.34. The van der Waals surface area contributed by atoms with E-state index < -0.39 is 23.5 Å². The fraction of sp³-hybridized carbons (Fsp3) is 0.500. The van der Waals surface area contributed by atoms with Gasteiger partial charge in [0.1, 0.15) is 5.75 Å². The largest absolute Gasteiger partial charge is 0.872 e. The molecule has 0 aliphatic carbocycles. The summed E-state index contributed by atoms with van der Waals surface area (Å²) in [6.45, 7) is 20.2. The standard InChI is InChI=1S/C32H44N2O4/c1-9-33(10-2)17-18-34-28(23-11-14-25(15-12-23)32(6,7)8)27(30(36)31(34)37)29(35)24-13-16-26(22(5)19-24)38-20-21(3)4/h11-16,19,21,28,35H,9-10,17-18,20H2,1-8H3/b29-27+. The van der Waals surface area contributed by atoms with E-state index in [0.717, 1.165) is 29.8 Å². The van der Waals surface area contributed by atoms with Gasteiger partial charge in [-0.25, -0.2) is 0 Å². The lowest BCUT2D eigenvalue weighted by molar-refractivity contribution is -0.895. The topological polar surface area (TPSA) is 74.1 Å². The van der Waals surface area contributed by atoms with Crippen LogP contribution < -0.4 is 14.7 Å². The van der Waals surface area contributed by atoms with Crippen molar-refractivity contribution in [2.75, 3.05) is 32.8 Å². The van der Waals surface area contributed by atoms with Crippen LogP contribution in [0.3, 0.4) is 0 Å². The molecule has 0 radical (unpaired) electrons. The fourth-order valence-electron chi connectivity index (χ4n) is 4.86. The zero-order chi connectivity index (χ0) is 28.2. The quantitative estimate of drug-likeness (QED) is 0.296. The molecule has 1 unspecified atom stereocenters. The second-order valence-corrected chi connectivity index (χ2v) is 11.7. The molecule has 1 atom stereocenters. The highest BCUT2D eigenvalue weighted by Gasteiger charge is 2.44. The second-order valence-electron chi connectivity index (χ2n) is 11.7. The molecule has 1 fully saturated rings. The normalized spacial score (nSPS) is 17.6. The molecule has 6 nitrogen and oxygen atoms in total. The first kappa shape index (κ1) is 29.4. The number of benzene rings is 2. The minimum atomic E-state index is -0.705. The molecule has 6 heteroatoms. The molecule has 2 aromatic rings. The van der Waals surface area contributed by atoms with Crippen molar-refractivity contribution in [2.45, 2.75) is 66.8 Å². The Morgan fingerprint density at radius 1 is 1.05 bits per heavy atom. The van der Waals surface area contributed by atoms with Crippen LogP contribution in [0, 0.1) is 12.8 Å². The lowest BCUT2D eigenvalue weighted by Gasteiger charge is -2.29. The number of amides is 1. The van der Waals surface area contributed by atoms with Crippen LogP contribution in [0.2, 0.25) is 0 Å². The summed E-state index contributed by atoms with van der Waals surface area (Å²) in [5, 5.41) is 13.9. The number of hydrogen-bond donors (Lipinski definition) is 1. The van der Waals surface area contributed by atoms with E-state index in [1.54, 1.807) is 23.1 Å². The van der Waals surface area contributed by atoms with E-state index >= 15 is 0 Å². The van der Waals surface area contributed by atoms with E-state index in [9.17, 15) is 14.7 Å². The summed E-state index contributed by atoms with van der Waals surface area (Å²) in [6, 6.07) is 12.5. The molecule has 0 spiro atoms. The summed E-state index contributed by atoms with van der Waals surface area (Å²) in [5.74, 6) is -0.606. The number of likely N-dealkylation sites (tertiary alicyclic amines) is 1. The number of hydrogen-bond acceptors (Lipinski definition) is 4. The molecule has 1 amide bonds. The smallest absolute Gasteiger partial charge is 0.295 e. The first-order chi connectivity index (χ1) is 17.9. The first-order valence-electron chi connectivity index (χ1n) is 13.8. The predicted molar refractivity (Wildman–Crippen MR) is 150 cm³/mol. The number of ether oxygens (including phenoxy) is 1. The maximum Gasteiger partial charge on any atom is 0.295 e. The maximum atomic E-state index is 13.9. The number of carbonyl (C=O) groups is 2. The summed E-state index contributed by atoms with van der Waals surface area (Å²) >= 11 is 0. The van der Waals surface area contributed by atoms with Gasteiger partial charge in [-0.15, -0.1) is 0 Å². The Kier molecular flexibility index (Phi) is 9.42. The number of likely N-dealkylation sites (N-methyl/N-ethyl adjacent to an activating group) is 1. The van der Waals surface area contributed by atoms with Crippen LogP contribution in [-0.4, -0.2) is 49.4 Å². The molecule has 2 aromatic carbocycles. The number of ketones is 1. The van der Waals surface area contributed by atoms with Crippen LogP contribution in [0.15, 0.2) is 48.0 Å². The third-order valence-corrected chi connectivity index (χ3v) is 7.34. The highest BCUT2D eigenvalue weighted by Crippen LogP contribution is 2.39. The second kappa shape index (κ2) is 12.2. The molecular formula is C32H44N2O4. The van der Waals surface area contributed by atoms with E-state index in [4.69, 9.17) is 4.74 Å². The number of nitrogens with one attached hydrogen (secondary N) is 1. The molecular weight excluding hydrogens is 476 g/mol. The Bertz CT molecular complexity index is 1170. The lowest BCUT2D eigenvalue weighted by atomic mass is 9.85. The van der Waals surface area contributed by atoms with Crippen molar-refractivity contribution < 1.29 is 24.3 Å². The lowest BCUT2D eigenvalue weighted by Crippen LogP contribution is -3.12. The van der Waals surface area contributed by atoms with Crippen molar-refractivity contribution in [1.82, 2.24) is 4.90 Å². The zero-order valence-electron chi connectivity index (χ0n) is 24.3. The Hall–Kier alpha value is -3.12. The van der Waals surface area contributed by atoms with Crippen molar-refractivity contribution in [2.24, 2.45) is 5.92 Å². The van der Waals surface area contributed by atoms with Gasteiger partial charge >= 0.3 is 0 Å². The minimum Gasteiger partial charge on any atom is -0.872 e. The van der Waals surface area contributed by atoms with Crippen LogP contribution in [0.25, 0.3) is 5.76 Å². The van der Waals surface area contributed by atoms with Gasteiger partial charge in [0, 0.05) is 5.57 Å². The monoisotopic (exact) mass is 520 g/mol. The molecule has 1 N–H and O–H groups in total. The number of aryl methyl sites for hydroxylation is 1. The molecule has 1 saturated heterocycles. The van der Waals surface area contributed by atoms with Crippen LogP contribution in [-0.2, 0) is 15.0 Å². The van der Waals surface area contributed by atoms with Crippen molar-refractivity contribution in [3.8, 4) is 5.75 Å². The van der Waals surface area contributed by atoms with Gasteiger partial charge in [-0.3, -0.25) is 9.59 Å². The Balaban J connectivity index is 2.08. The van der Waals surface area contributed by atoms with Gasteiger partial charge in [-0.2, -0.15) is 0 Å². The summed E-state index contributed by atoms with van der Waals surface area (Å²) in [7, 11) is 0. The molecule has 206 valence electrons. The number of nitrogens with zero attached hydrogens (tertiary/aromatic N) is 1. The van der Waals surface area contributed by atoms with Gasteiger partial charge in [-0.1, -0.05) is 70.7 Å². The van der Waals surface area contributed by atoms with Crippen molar-refractivity contribution >= 4 is 17.4 Å². The Morgan fingerprint density at radius 3 is 2.21 bits per heavy atom. The highest BCUT2D eigenvalue weighted by molar-refractivity contribution is 6.46. The molecule has 3 rings (SSSR count). The number of rotatable bonds is 10. The van der Waals surface area contributed by atoms with Crippen molar-refractivity contribution in [3.05, 3.63) is 70.3 Å². The molecule has 0 aromatic heterocycles. The van der Waals surface area contributed by atoms with Gasteiger partial charge in [0.05, 0.1) is 38.8 Å². The molecule has 1 aliphatic heterocycles. The average molecular weight is 521 g/mol. The maximum absolute atomic E-state index is 13.9. The van der Waals surface area contributed by atoms with E-state index in [2.05, 4.69) is 48.5 Å². The molecule has 0 bridgehead atoms. The Labute approximate surface area is 228 Å². The Morgan fingerprint density at radius 2 is 1.68 bits per heavy atom. The molecule has 1 heterocycles. The number of quaternary nitrogens is 1. The molecule has 1 aliphatic rings. The minimum absolute atomic E-state index is 0.0308. The third kappa shape index (κ3) is 6.47.